The lowest BCUT2D eigenvalue weighted by atomic mass is 10.2. The minimum Gasteiger partial charge on any atom is -0.483 e. The normalized spacial score (nSPS) is 12.2. The molecule has 0 aliphatic carbocycles. The zero-order valence-corrected chi connectivity index (χ0v) is 22.7. The number of pyridine rings is 4. The maximum atomic E-state index is 15.4. The van der Waals surface area contributed by atoms with Crippen LogP contribution in [-0.4, -0.2) is 27.0 Å². The molecular formula is C20BF18N4O2P2-. The van der Waals surface area contributed by atoms with E-state index in [9.17, 15) is 70.2 Å². The highest BCUT2D eigenvalue weighted by molar-refractivity contribution is 7.71. The fraction of sp³-hybridized carbons (Fsp3) is 0. The smallest absolute Gasteiger partial charge is 0.483 e. The maximum absolute atomic E-state index is 15.4. The molecule has 0 aliphatic rings. The molecule has 4 heterocycles. The van der Waals surface area contributed by atoms with Gasteiger partial charge in [-0.1, -0.05) is 0 Å². The van der Waals surface area contributed by atoms with Gasteiger partial charge >= 0.3 is 7.11 Å². The van der Waals surface area contributed by atoms with Crippen LogP contribution in [0.4, 0.5) is 78.9 Å². The molecule has 0 aliphatic heterocycles. The van der Waals surface area contributed by atoms with Crippen LogP contribution in [0, 0.1) is 94.1 Å². The van der Waals surface area contributed by atoms with E-state index >= 15 is 8.63 Å². The first-order valence-electron chi connectivity index (χ1n) is 11.0. The van der Waals surface area contributed by atoms with Crippen molar-refractivity contribution in [3.8, 4) is 0 Å². The van der Waals surface area contributed by atoms with Crippen LogP contribution in [0.25, 0.3) is 0 Å². The molecule has 0 radical (unpaired) electrons. The first-order valence-corrected chi connectivity index (χ1v) is 13.5. The van der Waals surface area contributed by atoms with E-state index in [2.05, 4.69) is 8.88 Å². The van der Waals surface area contributed by atoms with Crippen LogP contribution in [-0.2, 0) is 8.88 Å². The molecule has 0 amide bonds. The van der Waals surface area contributed by atoms with Gasteiger partial charge in [-0.15, -0.1) is 0 Å². The summed E-state index contributed by atoms with van der Waals surface area (Å²) in [5.41, 5.74) is 0. The lowest BCUT2D eigenvalue weighted by molar-refractivity contribution is 0.272. The zero-order valence-electron chi connectivity index (χ0n) is 20.9. The fourth-order valence-electron chi connectivity index (χ4n) is 3.32. The van der Waals surface area contributed by atoms with E-state index < -0.39 is 139 Å². The molecule has 0 aromatic carbocycles. The number of aromatic nitrogens is 4. The van der Waals surface area contributed by atoms with Crippen molar-refractivity contribution in [1.29, 1.82) is 0 Å². The number of nitrogens with zero attached hydrogens (tertiary/aromatic N) is 4. The van der Waals surface area contributed by atoms with E-state index in [1.165, 1.54) is 0 Å². The predicted molar refractivity (Wildman–Crippen MR) is 119 cm³/mol. The minimum absolute atomic E-state index is 1.98. The first-order chi connectivity index (χ1) is 21.7. The Labute approximate surface area is 247 Å². The summed E-state index contributed by atoms with van der Waals surface area (Å²) in [4.78, 5) is 7.91. The number of hydrogen-bond donors (Lipinski definition) is 0. The van der Waals surface area contributed by atoms with E-state index in [-0.39, 0.29) is 0 Å². The molecule has 4 aromatic heterocycles. The SMILES string of the molecule is Fc1nc(F)c(F)c(P(O[B-](F)(F)OP(c2c(F)c(F)nc(F)c2F)c2c(F)c(F)nc(F)c2F)c2c(F)c(F)nc(F)c2F)c1F. The van der Waals surface area contributed by atoms with Gasteiger partial charge in [-0.2, -0.15) is 55.1 Å². The molecule has 6 nitrogen and oxygen atoms in total. The molecular weight excluding hydrogens is 743 g/mol. The fourth-order valence-corrected chi connectivity index (χ4v) is 6.99. The van der Waals surface area contributed by atoms with Crippen molar-refractivity contribution in [3.63, 3.8) is 0 Å². The third-order valence-corrected chi connectivity index (χ3v) is 9.27. The van der Waals surface area contributed by atoms with Crippen LogP contribution in [0.1, 0.15) is 0 Å². The summed E-state index contributed by atoms with van der Waals surface area (Å²) in [6.07, 6.45) is 0. The second-order valence-corrected chi connectivity index (χ2v) is 11.4. The highest BCUT2D eigenvalue weighted by atomic mass is 31.1. The Kier molecular flexibility index (Phi) is 9.97. The Hall–Kier alpha value is -3.82. The lowest BCUT2D eigenvalue weighted by Gasteiger charge is -2.35. The molecule has 4 aromatic rings. The second-order valence-electron chi connectivity index (χ2n) is 8.01. The second kappa shape index (κ2) is 13.0. The van der Waals surface area contributed by atoms with Gasteiger partial charge in [-0.3, -0.25) is 0 Å². The van der Waals surface area contributed by atoms with E-state index in [0.717, 1.165) is 0 Å². The van der Waals surface area contributed by atoms with Crippen LogP contribution >= 0.6 is 16.3 Å². The molecule has 0 atom stereocenters. The highest BCUT2D eigenvalue weighted by Gasteiger charge is 2.46. The Balaban J connectivity index is 2.03. The van der Waals surface area contributed by atoms with Crippen molar-refractivity contribution in [3.05, 3.63) is 94.1 Å². The van der Waals surface area contributed by atoms with Gasteiger partial charge in [0.15, 0.2) is 46.5 Å². The van der Waals surface area contributed by atoms with Crippen molar-refractivity contribution in [2.45, 2.75) is 0 Å². The standard InChI is InChI=1S/C20BF18N4O2P2/c22-1-9(2(23)14(31)40-13(1)30)46(10-3(24)15(32)41-16(33)4(10)25)44-21(38,39)45-47(11-5(26)17(34)42-18(35)6(11)27)12-7(28)19(36)43-20(37)8(12)29/q-1. The van der Waals surface area contributed by atoms with E-state index in [0.29, 0.717) is 0 Å². The van der Waals surface area contributed by atoms with E-state index in [4.69, 9.17) is 0 Å². The van der Waals surface area contributed by atoms with Gasteiger partial charge in [0, 0.05) is 0 Å². The van der Waals surface area contributed by atoms with Crippen LogP contribution in [0.3, 0.4) is 0 Å². The van der Waals surface area contributed by atoms with E-state index in [1.54, 1.807) is 0 Å². The van der Waals surface area contributed by atoms with Crippen LogP contribution in [0.15, 0.2) is 0 Å². The Morgan fingerprint density at radius 3 is 0.617 bits per heavy atom. The van der Waals surface area contributed by atoms with Gasteiger partial charge in [0.25, 0.3) is 47.6 Å². The van der Waals surface area contributed by atoms with Crippen LogP contribution in [0.2, 0.25) is 0 Å². The molecule has 252 valence electrons. The predicted octanol–water partition coefficient (Wildman–Crippen LogP) is 5.30. The van der Waals surface area contributed by atoms with Gasteiger partial charge in [0.1, 0.15) is 0 Å². The van der Waals surface area contributed by atoms with Crippen molar-refractivity contribution in [2.75, 3.05) is 0 Å². The van der Waals surface area contributed by atoms with Crippen molar-refractivity contribution >= 4 is 44.6 Å². The molecule has 0 fully saturated rings. The van der Waals surface area contributed by atoms with Crippen LogP contribution in [0.5, 0.6) is 0 Å². The summed E-state index contributed by atoms with van der Waals surface area (Å²) in [7, 11) is -17.5. The molecule has 0 unspecified atom stereocenters. The topological polar surface area (TPSA) is 70.0 Å². The van der Waals surface area contributed by atoms with Gasteiger partial charge < -0.3 is 17.5 Å². The van der Waals surface area contributed by atoms with Gasteiger partial charge in [0.05, 0.1) is 37.5 Å². The number of rotatable bonds is 8. The van der Waals surface area contributed by atoms with Crippen molar-refractivity contribution in [1.82, 2.24) is 19.9 Å². The zero-order chi connectivity index (χ0) is 35.4. The molecule has 0 bridgehead atoms. The Bertz CT molecular complexity index is 1580. The summed E-state index contributed by atoms with van der Waals surface area (Å²) in [6.45, 7) is 0. The summed E-state index contributed by atoms with van der Waals surface area (Å²) in [5.74, 6) is -45.9. The molecule has 27 heteroatoms. The molecule has 0 spiro atoms. The highest BCUT2D eigenvalue weighted by Crippen LogP contribution is 2.49. The number of hydrogen-bond acceptors (Lipinski definition) is 6. The maximum Gasteiger partial charge on any atom is 0.608 e. The average molecular weight is 743 g/mol. The third kappa shape index (κ3) is 6.52. The van der Waals surface area contributed by atoms with Crippen molar-refractivity contribution in [2.24, 2.45) is 0 Å². The molecule has 4 rings (SSSR count). The van der Waals surface area contributed by atoms with Gasteiger partial charge in [0.2, 0.25) is 0 Å². The summed E-state index contributed by atoms with van der Waals surface area (Å²) >= 11 is 0. The monoisotopic (exact) mass is 743 g/mol. The Morgan fingerprint density at radius 1 is 0.319 bits per heavy atom. The summed E-state index contributed by atoms with van der Waals surface area (Å²) < 4.78 is 266. The molecule has 0 saturated heterocycles. The minimum atomic E-state index is -7.16. The average Bonchev–Trinajstić information content (AvgIpc) is 2.97. The summed E-state index contributed by atoms with van der Waals surface area (Å²) in [6, 6.07) is 0. The van der Waals surface area contributed by atoms with Gasteiger partial charge in [-0.25, -0.2) is 35.1 Å². The summed E-state index contributed by atoms with van der Waals surface area (Å²) in [5, 5.41) is -10.7. The lowest BCUT2D eigenvalue weighted by Crippen LogP contribution is -2.39. The Morgan fingerprint density at radius 2 is 0.468 bits per heavy atom. The number of halogens is 18. The molecule has 47 heavy (non-hydrogen) atoms. The first kappa shape index (κ1) is 36.0. The molecule has 0 N–H and O–H groups in total. The van der Waals surface area contributed by atoms with Crippen LogP contribution < -0.4 is 21.2 Å². The third-order valence-electron chi connectivity index (χ3n) is 5.17. The van der Waals surface area contributed by atoms with Crippen molar-refractivity contribution < 1.29 is 87.8 Å². The van der Waals surface area contributed by atoms with Gasteiger partial charge in [-0.05, 0) is 0 Å². The molecule has 0 saturated carbocycles. The quantitative estimate of drug-likeness (QED) is 0.106. The largest absolute Gasteiger partial charge is 0.608 e. The van der Waals surface area contributed by atoms with E-state index in [1.807, 2.05) is 19.9 Å².